The number of fused-ring (bicyclic) bond motifs is 2. The van der Waals surface area contributed by atoms with Gasteiger partial charge in [-0.3, -0.25) is 9.59 Å². The molecule has 0 aliphatic heterocycles. The first-order valence-electron chi connectivity index (χ1n) is 13.0. The number of carbonyl (C=O) groups is 2. The molecule has 3 aliphatic rings. The summed E-state index contributed by atoms with van der Waals surface area (Å²) in [5.74, 6) is 0.299. The largest absolute Gasteiger partial charge is 0.369 e. The maximum absolute atomic E-state index is 13.9. The molecule has 1 aromatic rings. The minimum absolute atomic E-state index is 0.0582. The second-order valence-electron chi connectivity index (χ2n) is 10.9. The smallest absolute Gasteiger partial charge is 0.241 e. The summed E-state index contributed by atoms with van der Waals surface area (Å²) in [6.07, 6.45) is 7.83. The Morgan fingerprint density at radius 2 is 1.71 bits per heavy atom. The van der Waals surface area contributed by atoms with Gasteiger partial charge in [0.2, 0.25) is 21.8 Å². The minimum atomic E-state index is -3.97. The van der Waals surface area contributed by atoms with Crippen molar-refractivity contribution in [2.45, 2.75) is 94.5 Å². The zero-order valence-corrected chi connectivity index (χ0v) is 22.3. The molecule has 0 saturated heterocycles. The number of hydrogen-bond donors (Lipinski definition) is 3. The Kier molecular flexibility index (Phi) is 7.84. The van der Waals surface area contributed by atoms with Crippen molar-refractivity contribution in [1.82, 2.24) is 10.0 Å². The van der Waals surface area contributed by atoms with E-state index in [2.05, 4.69) is 17.0 Å². The van der Waals surface area contributed by atoms with Crippen molar-refractivity contribution >= 4 is 33.4 Å². The summed E-state index contributed by atoms with van der Waals surface area (Å²) in [6, 6.07) is 4.74. The molecule has 4 N–H and O–H groups in total. The summed E-state index contributed by atoms with van der Waals surface area (Å²) >= 11 is 6.20. The number of nitrogens with two attached hydrogens (primary N) is 1. The van der Waals surface area contributed by atoms with Gasteiger partial charge in [-0.1, -0.05) is 50.3 Å². The van der Waals surface area contributed by atoms with Gasteiger partial charge in [-0.05, 0) is 80.9 Å². The molecule has 2 bridgehead atoms. The van der Waals surface area contributed by atoms with Gasteiger partial charge in [-0.15, -0.1) is 0 Å². The molecule has 4 rings (SSSR count). The van der Waals surface area contributed by atoms with Crippen LogP contribution in [0, 0.1) is 30.6 Å². The van der Waals surface area contributed by atoms with Crippen LogP contribution in [0.25, 0.3) is 0 Å². The van der Waals surface area contributed by atoms with Crippen LogP contribution < -0.4 is 15.8 Å². The number of hydrogen-bond acceptors (Lipinski definition) is 4. The number of benzene rings is 1. The lowest BCUT2D eigenvalue weighted by Gasteiger charge is -2.49. The zero-order valence-electron chi connectivity index (χ0n) is 20.7. The third kappa shape index (κ3) is 5.39. The fourth-order valence-electron chi connectivity index (χ4n) is 6.76. The average molecular weight is 524 g/mol. The molecule has 3 aliphatic carbocycles. The standard InChI is InChI=1S/C26H38ClN3O4S/c1-3-17-12-18-14-20(24(28)31)15-19(13-17)23(18)29-25(32)26(10-5-4-6-11-26)30-35(33,34)22-9-7-8-21(27)16(22)2/h7-9,17-20,23,30H,3-6,10-15H2,1-2H3,(H2,28,31)(H,29,32). The Labute approximate surface area is 214 Å². The van der Waals surface area contributed by atoms with E-state index < -0.39 is 15.6 Å². The van der Waals surface area contributed by atoms with Gasteiger partial charge < -0.3 is 11.1 Å². The van der Waals surface area contributed by atoms with Gasteiger partial charge in [0.05, 0.1) is 4.90 Å². The predicted molar refractivity (Wildman–Crippen MR) is 136 cm³/mol. The number of halogens is 1. The van der Waals surface area contributed by atoms with Crippen LogP contribution in [0.1, 0.15) is 76.7 Å². The van der Waals surface area contributed by atoms with Gasteiger partial charge in [0.1, 0.15) is 5.54 Å². The van der Waals surface area contributed by atoms with E-state index in [0.717, 1.165) is 38.5 Å². The molecule has 2 atom stereocenters. The zero-order chi connectivity index (χ0) is 25.4. The van der Waals surface area contributed by atoms with E-state index in [1.165, 1.54) is 6.07 Å². The minimum Gasteiger partial charge on any atom is -0.369 e. The average Bonchev–Trinajstić information content (AvgIpc) is 2.80. The van der Waals surface area contributed by atoms with Crippen molar-refractivity contribution in [3.63, 3.8) is 0 Å². The Hall–Kier alpha value is -1.64. The molecule has 35 heavy (non-hydrogen) atoms. The Balaban J connectivity index is 1.59. The normalized spacial score (nSPS) is 30.4. The van der Waals surface area contributed by atoms with Crippen LogP contribution in [0.5, 0.6) is 0 Å². The number of amides is 2. The highest BCUT2D eigenvalue weighted by Crippen LogP contribution is 2.46. The highest BCUT2D eigenvalue weighted by molar-refractivity contribution is 7.89. The first-order valence-corrected chi connectivity index (χ1v) is 14.8. The number of primary amides is 1. The fourth-order valence-corrected chi connectivity index (χ4v) is 8.68. The molecule has 0 heterocycles. The van der Waals surface area contributed by atoms with Crippen LogP contribution in [-0.2, 0) is 19.6 Å². The summed E-state index contributed by atoms with van der Waals surface area (Å²) in [5.41, 5.74) is 4.94. The molecule has 7 nitrogen and oxygen atoms in total. The summed E-state index contributed by atoms with van der Waals surface area (Å²) in [4.78, 5) is 26.0. The van der Waals surface area contributed by atoms with Crippen molar-refractivity contribution in [2.75, 3.05) is 0 Å². The summed E-state index contributed by atoms with van der Waals surface area (Å²) < 4.78 is 29.8. The van der Waals surface area contributed by atoms with E-state index >= 15 is 0 Å². The molecule has 0 spiro atoms. The van der Waals surface area contributed by atoms with E-state index in [1.54, 1.807) is 19.1 Å². The van der Waals surface area contributed by atoms with Crippen LogP contribution in [-0.4, -0.2) is 31.8 Å². The summed E-state index contributed by atoms with van der Waals surface area (Å²) in [7, 11) is -3.97. The van der Waals surface area contributed by atoms with Crippen molar-refractivity contribution in [2.24, 2.45) is 29.4 Å². The SMILES string of the molecule is CCC1CC2CC(C(N)=O)CC(C1)C2NC(=O)C1(NS(=O)(=O)c2cccc(Cl)c2C)CCCCC1. The molecule has 2 amide bonds. The van der Waals surface area contributed by atoms with Gasteiger partial charge in [0.25, 0.3) is 0 Å². The molecule has 2 unspecified atom stereocenters. The molecule has 9 heteroatoms. The maximum Gasteiger partial charge on any atom is 0.241 e. The quantitative estimate of drug-likeness (QED) is 0.499. The Morgan fingerprint density at radius 3 is 2.29 bits per heavy atom. The Morgan fingerprint density at radius 1 is 1.09 bits per heavy atom. The van der Waals surface area contributed by atoms with E-state index in [-0.39, 0.29) is 40.5 Å². The van der Waals surface area contributed by atoms with Crippen LogP contribution in [0.15, 0.2) is 23.1 Å². The van der Waals surface area contributed by atoms with E-state index in [0.29, 0.717) is 42.2 Å². The summed E-state index contributed by atoms with van der Waals surface area (Å²) in [6.45, 7) is 3.86. The highest BCUT2D eigenvalue weighted by atomic mass is 35.5. The molecule has 194 valence electrons. The second-order valence-corrected chi connectivity index (χ2v) is 13.0. The van der Waals surface area contributed by atoms with E-state index in [4.69, 9.17) is 17.3 Å². The van der Waals surface area contributed by atoms with Crippen LogP contribution in [0.2, 0.25) is 5.02 Å². The van der Waals surface area contributed by atoms with Crippen molar-refractivity contribution in [1.29, 1.82) is 0 Å². The molecule has 0 radical (unpaired) electrons. The number of rotatable bonds is 7. The molecule has 1 aromatic carbocycles. The Bertz CT molecular complexity index is 1050. The second kappa shape index (κ2) is 10.4. The van der Waals surface area contributed by atoms with Gasteiger partial charge in [-0.25, -0.2) is 8.42 Å². The van der Waals surface area contributed by atoms with Crippen molar-refractivity contribution in [3.05, 3.63) is 28.8 Å². The highest BCUT2D eigenvalue weighted by Gasteiger charge is 2.49. The lowest BCUT2D eigenvalue weighted by atomic mass is 9.61. The van der Waals surface area contributed by atoms with Gasteiger partial charge >= 0.3 is 0 Å². The lowest BCUT2D eigenvalue weighted by molar-refractivity contribution is -0.132. The van der Waals surface area contributed by atoms with Gasteiger partial charge in [0, 0.05) is 17.0 Å². The van der Waals surface area contributed by atoms with Crippen LogP contribution in [0.3, 0.4) is 0 Å². The van der Waals surface area contributed by atoms with Crippen LogP contribution in [0.4, 0.5) is 0 Å². The lowest BCUT2D eigenvalue weighted by Crippen LogP contribution is -2.64. The molecular formula is C26H38ClN3O4S. The summed E-state index contributed by atoms with van der Waals surface area (Å²) in [5, 5.41) is 3.67. The predicted octanol–water partition coefficient (Wildman–Crippen LogP) is 4.06. The van der Waals surface area contributed by atoms with Crippen LogP contribution >= 0.6 is 11.6 Å². The van der Waals surface area contributed by atoms with Gasteiger partial charge in [-0.2, -0.15) is 4.72 Å². The number of sulfonamides is 1. The third-order valence-corrected chi connectivity index (χ3v) is 10.8. The van der Waals surface area contributed by atoms with E-state index in [9.17, 15) is 18.0 Å². The van der Waals surface area contributed by atoms with Crippen molar-refractivity contribution < 1.29 is 18.0 Å². The monoisotopic (exact) mass is 523 g/mol. The first kappa shape index (κ1) is 26.4. The molecule has 0 aromatic heterocycles. The molecule has 3 fully saturated rings. The first-order chi connectivity index (χ1) is 16.6. The fraction of sp³-hybridized carbons (Fsp3) is 0.692. The van der Waals surface area contributed by atoms with Gasteiger partial charge in [0.15, 0.2) is 0 Å². The number of nitrogens with one attached hydrogen (secondary N) is 2. The van der Waals surface area contributed by atoms with E-state index in [1.807, 2.05) is 0 Å². The number of carbonyl (C=O) groups excluding carboxylic acids is 2. The molecular weight excluding hydrogens is 486 g/mol. The molecule has 3 saturated carbocycles. The van der Waals surface area contributed by atoms with Crippen molar-refractivity contribution in [3.8, 4) is 0 Å². The maximum atomic E-state index is 13.9. The topological polar surface area (TPSA) is 118 Å². The third-order valence-electron chi connectivity index (χ3n) is 8.72.